The van der Waals surface area contributed by atoms with Crippen LogP contribution in [0.15, 0.2) is 0 Å². The van der Waals surface area contributed by atoms with Crippen LogP contribution in [0.1, 0.15) is 26.7 Å². The van der Waals surface area contributed by atoms with Crippen molar-refractivity contribution in [3.8, 4) is 0 Å². The minimum atomic E-state index is -0.321. The van der Waals surface area contributed by atoms with E-state index in [0.29, 0.717) is 5.92 Å². The van der Waals surface area contributed by atoms with E-state index in [4.69, 9.17) is 0 Å². The van der Waals surface area contributed by atoms with Crippen LogP contribution in [0.2, 0.25) is 0 Å². The molecule has 1 heterocycles. The van der Waals surface area contributed by atoms with Crippen molar-refractivity contribution in [2.24, 2.45) is 5.92 Å². The Bertz CT molecular complexity index is 106. The molecule has 1 N–H and O–H groups in total. The first-order valence-electron chi connectivity index (χ1n) is 3.92. The highest BCUT2D eigenvalue weighted by Crippen LogP contribution is 2.32. The second-order valence-corrected chi connectivity index (χ2v) is 4.73. The van der Waals surface area contributed by atoms with E-state index < -0.39 is 0 Å². The average Bonchev–Trinajstić information content (AvgIpc) is 2.12. The van der Waals surface area contributed by atoms with Crippen LogP contribution in [-0.2, 0) is 0 Å². The average molecular weight is 160 g/mol. The molecular formula is C8H16OS. The number of hydrogen-bond donors (Lipinski definition) is 1. The highest BCUT2D eigenvalue weighted by atomic mass is 32.2. The van der Waals surface area contributed by atoms with E-state index in [1.54, 1.807) is 0 Å². The van der Waals surface area contributed by atoms with Gasteiger partial charge in [0.25, 0.3) is 0 Å². The summed E-state index contributed by atoms with van der Waals surface area (Å²) < 4.78 is 0. The largest absolute Gasteiger partial charge is 0.389 e. The van der Waals surface area contributed by atoms with Gasteiger partial charge in [0.15, 0.2) is 0 Å². The fourth-order valence-electron chi connectivity index (χ4n) is 1.52. The summed E-state index contributed by atoms with van der Waals surface area (Å²) in [7, 11) is 0. The summed E-state index contributed by atoms with van der Waals surface area (Å²) in [5.74, 6) is 2.72. The summed E-state index contributed by atoms with van der Waals surface area (Å²) in [6.07, 6.45) is 1.97. The molecule has 1 aliphatic heterocycles. The molecule has 1 rings (SSSR count). The molecule has 0 aliphatic carbocycles. The molecule has 60 valence electrons. The highest BCUT2D eigenvalue weighted by molar-refractivity contribution is 7.99. The number of rotatable bonds is 2. The van der Waals surface area contributed by atoms with Crippen molar-refractivity contribution >= 4 is 11.8 Å². The van der Waals surface area contributed by atoms with Crippen molar-refractivity contribution in [2.75, 3.05) is 11.5 Å². The molecule has 2 heteroatoms. The molecule has 0 saturated carbocycles. The number of thioether (sulfide) groups is 1. The molecule has 1 nitrogen and oxygen atoms in total. The Labute approximate surface area is 67.2 Å². The number of aliphatic hydroxyl groups is 1. The van der Waals surface area contributed by atoms with Gasteiger partial charge in [-0.25, -0.2) is 0 Å². The van der Waals surface area contributed by atoms with E-state index in [0.717, 1.165) is 24.3 Å². The standard InChI is InChI=1S/C8H16OS/c1-7(2)5-8(9)3-4-10-6-8/h7,9H,3-6H2,1-2H3. The molecule has 0 aromatic heterocycles. The topological polar surface area (TPSA) is 20.2 Å². The van der Waals surface area contributed by atoms with Crippen LogP contribution >= 0.6 is 11.8 Å². The van der Waals surface area contributed by atoms with Gasteiger partial charge in [-0.1, -0.05) is 13.8 Å². The van der Waals surface area contributed by atoms with Gasteiger partial charge in [-0.3, -0.25) is 0 Å². The SMILES string of the molecule is CC(C)CC1(O)CCSC1. The van der Waals surface area contributed by atoms with Crippen molar-refractivity contribution < 1.29 is 5.11 Å². The molecule has 0 aromatic rings. The molecule has 0 radical (unpaired) electrons. The summed E-state index contributed by atoms with van der Waals surface area (Å²) in [6.45, 7) is 4.34. The third-order valence-electron chi connectivity index (χ3n) is 1.87. The lowest BCUT2D eigenvalue weighted by Gasteiger charge is -2.22. The van der Waals surface area contributed by atoms with Gasteiger partial charge in [-0.15, -0.1) is 0 Å². The molecule has 0 bridgehead atoms. The Kier molecular flexibility index (Phi) is 2.64. The lowest BCUT2D eigenvalue weighted by Crippen LogP contribution is -2.29. The lowest BCUT2D eigenvalue weighted by molar-refractivity contribution is 0.0463. The summed E-state index contributed by atoms with van der Waals surface area (Å²) in [4.78, 5) is 0. The molecule has 0 spiro atoms. The Morgan fingerprint density at radius 2 is 2.30 bits per heavy atom. The van der Waals surface area contributed by atoms with E-state index in [1.807, 2.05) is 11.8 Å². The van der Waals surface area contributed by atoms with Gasteiger partial charge in [0, 0.05) is 5.75 Å². The van der Waals surface area contributed by atoms with Crippen molar-refractivity contribution in [3.05, 3.63) is 0 Å². The van der Waals surface area contributed by atoms with Crippen molar-refractivity contribution in [2.45, 2.75) is 32.3 Å². The van der Waals surface area contributed by atoms with E-state index in [1.165, 1.54) is 0 Å². The lowest BCUT2D eigenvalue weighted by atomic mass is 9.92. The molecule has 1 atom stereocenters. The highest BCUT2D eigenvalue weighted by Gasteiger charge is 2.31. The van der Waals surface area contributed by atoms with Gasteiger partial charge < -0.3 is 5.11 Å². The van der Waals surface area contributed by atoms with Gasteiger partial charge in [-0.05, 0) is 24.5 Å². The predicted molar refractivity (Wildman–Crippen MR) is 46.3 cm³/mol. The fourth-order valence-corrected chi connectivity index (χ4v) is 2.83. The van der Waals surface area contributed by atoms with E-state index >= 15 is 0 Å². The molecule has 1 unspecified atom stereocenters. The van der Waals surface area contributed by atoms with Crippen LogP contribution in [0.4, 0.5) is 0 Å². The first kappa shape index (κ1) is 8.41. The molecule has 0 aromatic carbocycles. The van der Waals surface area contributed by atoms with Gasteiger partial charge in [0.05, 0.1) is 5.60 Å². The minimum Gasteiger partial charge on any atom is -0.389 e. The van der Waals surface area contributed by atoms with Crippen LogP contribution < -0.4 is 0 Å². The first-order valence-corrected chi connectivity index (χ1v) is 5.08. The zero-order valence-electron chi connectivity index (χ0n) is 6.76. The van der Waals surface area contributed by atoms with Gasteiger partial charge >= 0.3 is 0 Å². The van der Waals surface area contributed by atoms with Crippen molar-refractivity contribution in [1.82, 2.24) is 0 Å². The smallest absolute Gasteiger partial charge is 0.0748 e. The Morgan fingerprint density at radius 3 is 2.70 bits per heavy atom. The van der Waals surface area contributed by atoms with E-state index in [-0.39, 0.29) is 5.60 Å². The Balaban J connectivity index is 2.36. The van der Waals surface area contributed by atoms with E-state index in [9.17, 15) is 5.11 Å². The maximum absolute atomic E-state index is 9.84. The molecule has 1 fully saturated rings. The normalized spacial score (nSPS) is 33.6. The van der Waals surface area contributed by atoms with Gasteiger partial charge in [0.2, 0.25) is 0 Å². The van der Waals surface area contributed by atoms with Gasteiger partial charge in [-0.2, -0.15) is 11.8 Å². The second kappa shape index (κ2) is 3.14. The third kappa shape index (κ3) is 2.17. The van der Waals surface area contributed by atoms with Crippen LogP contribution in [0.5, 0.6) is 0 Å². The molecule has 1 aliphatic rings. The quantitative estimate of drug-likeness (QED) is 0.666. The molecular weight excluding hydrogens is 144 g/mol. The van der Waals surface area contributed by atoms with Crippen molar-refractivity contribution in [1.29, 1.82) is 0 Å². The second-order valence-electron chi connectivity index (χ2n) is 3.62. The Hall–Kier alpha value is 0.310. The van der Waals surface area contributed by atoms with Crippen LogP contribution in [0.3, 0.4) is 0 Å². The molecule has 0 amide bonds. The van der Waals surface area contributed by atoms with Crippen LogP contribution in [-0.4, -0.2) is 22.2 Å². The third-order valence-corrected chi connectivity index (χ3v) is 3.10. The monoisotopic (exact) mass is 160 g/mol. The summed E-state index contributed by atoms with van der Waals surface area (Å²) in [5, 5.41) is 9.84. The first-order chi connectivity index (χ1) is 4.62. The van der Waals surface area contributed by atoms with Gasteiger partial charge in [0.1, 0.15) is 0 Å². The number of hydrogen-bond acceptors (Lipinski definition) is 2. The molecule has 10 heavy (non-hydrogen) atoms. The summed E-state index contributed by atoms with van der Waals surface area (Å²) in [6, 6.07) is 0. The molecule has 1 saturated heterocycles. The maximum atomic E-state index is 9.84. The maximum Gasteiger partial charge on any atom is 0.0748 e. The zero-order valence-corrected chi connectivity index (χ0v) is 7.58. The Morgan fingerprint density at radius 1 is 1.60 bits per heavy atom. The summed E-state index contributed by atoms with van der Waals surface area (Å²) >= 11 is 1.87. The predicted octanol–water partition coefficient (Wildman–Crippen LogP) is 1.90. The van der Waals surface area contributed by atoms with Crippen LogP contribution in [0, 0.1) is 5.92 Å². The fraction of sp³-hybridized carbons (Fsp3) is 1.00. The van der Waals surface area contributed by atoms with E-state index in [2.05, 4.69) is 13.8 Å². The van der Waals surface area contributed by atoms with Crippen molar-refractivity contribution in [3.63, 3.8) is 0 Å². The van der Waals surface area contributed by atoms with Crippen LogP contribution in [0.25, 0.3) is 0 Å². The summed E-state index contributed by atoms with van der Waals surface area (Å²) in [5.41, 5.74) is -0.321. The minimum absolute atomic E-state index is 0.321. The zero-order chi connectivity index (χ0) is 7.61.